The quantitative estimate of drug-likeness (QED) is 0.769. The molecule has 1 aliphatic heterocycles. The molecule has 6 heteroatoms. The first-order valence-corrected chi connectivity index (χ1v) is 6.79. The number of aromatic nitrogens is 2. The smallest absolute Gasteiger partial charge is 0.237 e. The maximum Gasteiger partial charge on any atom is 0.237 e. The van der Waals surface area contributed by atoms with Gasteiger partial charge < -0.3 is 14.7 Å². The second kappa shape index (κ2) is 5.50. The molecule has 0 aliphatic carbocycles. The summed E-state index contributed by atoms with van der Waals surface area (Å²) in [5.41, 5.74) is 2.04. The Morgan fingerprint density at radius 1 is 1.65 bits per heavy atom. The minimum Gasteiger partial charge on any atom is -0.469 e. The van der Waals surface area contributed by atoms with Crippen LogP contribution in [0.5, 0.6) is 0 Å². The molecule has 0 aromatic carbocycles. The van der Waals surface area contributed by atoms with Crippen molar-refractivity contribution in [3.63, 3.8) is 0 Å². The summed E-state index contributed by atoms with van der Waals surface area (Å²) in [6, 6.07) is 3.59. The number of nitrogens with one attached hydrogen (secondary N) is 3. The van der Waals surface area contributed by atoms with Crippen molar-refractivity contribution in [1.29, 1.82) is 0 Å². The Morgan fingerprint density at radius 3 is 3.35 bits per heavy atom. The number of H-pyrrole nitrogens is 1. The number of rotatable bonds is 4. The zero-order valence-corrected chi connectivity index (χ0v) is 11.3. The van der Waals surface area contributed by atoms with Crippen LogP contribution in [-0.4, -0.2) is 28.0 Å². The zero-order chi connectivity index (χ0) is 13.9. The molecule has 20 heavy (non-hydrogen) atoms. The highest BCUT2D eigenvalue weighted by Gasteiger charge is 2.26. The van der Waals surface area contributed by atoms with Gasteiger partial charge in [-0.25, -0.2) is 4.98 Å². The highest BCUT2D eigenvalue weighted by atomic mass is 16.3. The fourth-order valence-electron chi connectivity index (χ4n) is 2.48. The van der Waals surface area contributed by atoms with Crippen LogP contribution in [0.4, 0.5) is 0 Å². The fourth-order valence-corrected chi connectivity index (χ4v) is 2.48. The second-order valence-electron chi connectivity index (χ2n) is 5.16. The van der Waals surface area contributed by atoms with Crippen molar-refractivity contribution in [3.8, 4) is 0 Å². The van der Waals surface area contributed by atoms with Crippen molar-refractivity contribution >= 4 is 5.91 Å². The number of aromatic amines is 1. The van der Waals surface area contributed by atoms with E-state index < -0.39 is 0 Å². The predicted octanol–water partition coefficient (Wildman–Crippen LogP) is 0.764. The van der Waals surface area contributed by atoms with Crippen LogP contribution in [0, 0.1) is 0 Å². The van der Waals surface area contributed by atoms with Gasteiger partial charge in [-0.3, -0.25) is 10.1 Å². The number of amides is 1. The van der Waals surface area contributed by atoms with Gasteiger partial charge in [-0.15, -0.1) is 0 Å². The van der Waals surface area contributed by atoms with E-state index in [4.69, 9.17) is 4.42 Å². The monoisotopic (exact) mass is 274 g/mol. The number of fused-ring (bicyclic) bond motifs is 1. The number of imidazole rings is 1. The standard InChI is InChI=1S/C14H18N4O2/c1-9(5-10-3-2-4-20-10)18-14(19)12-6-11-13(7-15-12)17-8-16-11/h2-4,8-9,12,15H,5-7H2,1H3,(H,16,17)(H,18,19). The normalized spacial score (nSPS) is 19.4. The lowest BCUT2D eigenvalue weighted by Crippen LogP contribution is -2.50. The Balaban J connectivity index is 1.54. The topological polar surface area (TPSA) is 83.0 Å². The second-order valence-corrected chi connectivity index (χ2v) is 5.16. The summed E-state index contributed by atoms with van der Waals surface area (Å²) in [5, 5.41) is 6.23. The van der Waals surface area contributed by atoms with Crippen molar-refractivity contribution in [3.05, 3.63) is 41.9 Å². The van der Waals surface area contributed by atoms with E-state index in [9.17, 15) is 4.79 Å². The largest absolute Gasteiger partial charge is 0.469 e. The van der Waals surface area contributed by atoms with Crippen molar-refractivity contribution in [2.75, 3.05) is 0 Å². The van der Waals surface area contributed by atoms with Crippen LogP contribution < -0.4 is 10.6 Å². The molecule has 0 fully saturated rings. The molecule has 0 spiro atoms. The third-order valence-corrected chi connectivity index (χ3v) is 3.52. The molecule has 3 heterocycles. The molecule has 3 rings (SSSR count). The SMILES string of the molecule is CC(Cc1ccco1)NC(=O)C1Cc2nc[nH]c2CN1. The lowest BCUT2D eigenvalue weighted by molar-refractivity contribution is -0.123. The summed E-state index contributed by atoms with van der Waals surface area (Å²) in [7, 11) is 0. The van der Waals surface area contributed by atoms with E-state index in [1.54, 1.807) is 12.6 Å². The molecule has 3 N–H and O–H groups in total. The number of hydrogen-bond acceptors (Lipinski definition) is 4. The molecule has 0 radical (unpaired) electrons. The number of nitrogens with zero attached hydrogens (tertiary/aromatic N) is 1. The molecule has 2 unspecified atom stereocenters. The maximum absolute atomic E-state index is 12.2. The third-order valence-electron chi connectivity index (χ3n) is 3.52. The van der Waals surface area contributed by atoms with E-state index in [-0.39, 0.29) is 18.0 Å². The van der Waals surface area contributed by atoms with Gasteiger partial charge >= 0.3 is 0 Å². The number of carbonyl (C=O) groups excluding carboxylic acids is 1. The van der Waals surface area contributed by atoms with E-state index in [2.05, 4.69) is 20.6 Å². The Kier molecular flexibility index (Phi) is 3.56. The van der Waals surface area contributed by atoms with Gasteiger partial charge in [-0.05, 0) is 19.1 Å². The predicted molar refractivity (Wildman–Crippen MR) is 72.9 cm³/mol. The molecule has 0 bridgehead atoms. The Bertz CT molecular complexity index is 576. The third kappa shape index (κ3) is 2.75. The van der Waals surface area contributed by atoms with Gasteiger partial charge in [0.2, 0.25) is 5.91 Å². The minimum atomic E-state index is -0.218. The number of carbonyl (C=O) groups is 1. The highest BCUT2D eigenvalue weighted by Crippen LogP contribution is 2.12. The van der Waals surface area contributed by atoms with E-state index in [0.29, 0.717) is 19.4 Å². The lowest BCUT2D eigenvalue weighted by atomic mass is 10.0. The van der Waals surface area contributed by atoms with Gasteiger partial charge in [0.25, 0.3) is 0 Å². The van der Waals surface area contributed by atoms with Gasteiger partial charge in [0.1, 0.15) is 5.76 Å². The lowest BCUT2D eigenvalue weighted by Gasteiger charge is -2.24. The Labute approximate surface area is 117 Å². The fraction of sp³-hybridized carbons (Fsp3) is 0.429. The van der Waals surface area contributed by atoms with Crippen LogP contribution in [-0.2, 0) is 24.2 Å². The van der Waals surface area contributed by atoms with Crippen molar-refractivity contribution in [2.24, 2.45) is 0 Å². The van der Waals surface area contributed by atoms with Gasteiger partial charge in [0.15, 0.2) is 0 Å². The molecular formula is C14H18N4O2. The van der Waals surface area contributed by atoms with Crippen LogP contribution in [0.2, 0.25) is 0 Å². The Hall–Kier alpha value is -2.08. The molecule has 0 saturated heterocycles. The van der Waals surface area contributed by atoms with Crippen LogP contribution in [0.15, 0.2) is 29.1 Å². The van der Waals surface area contributed by atoms with E-state index >= 15 is 0 Å². The van der Waals surface area contributed by atoms with Gasteiger partial charge in [0, 0.05) is 25.4 Å². The van der Waals surface area contributed by atoms with Crippen molar-refractivity contribution in [2.45, 2.75) is 38.4 Å². The zero-order valence-electron chi connectivity index (χ0n) is 11.3. The average Bonchev–Trinajstić information content (AvgIpc) is 3.07. The molecular weight excluding hydrogens is 256 g/mol. The highest BCUT2D eigenvalue weighted by molar-refractivity contribution is 5.82. The average molecular weight is 274 g/mol. The van der Waals surface area contributed by atoms with Crippen LogP contribution in [0.3, 0.4) is 0 Å². The van der Waals surface area contributed by atoms with Crippen molar-refractivity contribution < 1.29 is 9.21 Å². The summed E-state index contributed by atoms with van der Waals surface area (Å²) in [5.74, 6) is 0.890. The minimum absolute atomic E-state index is 0.0118. The van der Waals surface area contributed by atoms with E-state index in [1.165, 1.54) is 0 Å². The summed E-state index contributed by atoms with van der Waals surface area (Å²) in [4.78, 5) is 19.5. The maximum atomic E-state index is 12.2. The molecule has 2 aromatic heterocycles. The summed E-state index contributed by atoms with van der Waals surface area (Å²) < 4.78 is 5.29. The molecule has 0 saturated carbocycles. The van der Waals surface area contributed by atoms with Gasteiger partial charge in [-0.1, -0.05) is 0 Å². The summed E-state index contributed by atoms with van der Waals surface area (Å²) >= 11 is 0. The number of hydrogen-bond donors (Lipinski definition) is 3. The van der Waals surface area contributed by atoms with E-state index in [1.807, 2.05) is 19.1 Å². The molecule has 2 atom stereocenters. The van der Waals surface area contributed by atoms with E-state index in [0.717, 1.165) is 17.1 Å². The van der Waals surface area contributed by atoms with Gasteiger partial charge in [-0.2, -0.15) is 0 Å². The molecule has 1 aliphatic rings. The van der Waals surface area contributed by atoms with Crippen LogP contribution in [0.1, 0.15) is 24.1 Å². The van der Waals surface area contributed by atoms with Crippen LogP contribution >= 0.6 is 0 Å². The molecule has 106 valence electrons. The first kappa shape index (κ1) is 12.9. The van der Waals surface area contributed by atoms with Crippen LogP contribution in [0.25, 0.3) is 0 Å². The summed E-state index contributed by atoms with van der Waals surface area (Å²) in [6.07, 6.45) is 4.63. The molecule has 1 amide bonds. The molecule has 2 aromatic rings. The Morgan fingerprint density at radius 2 is 2.55 bits per heavy atom. The van der Waals surface area contributed by atoms with Crippen molar-refractivity contribution in [1.82, 2.24) is 20.6 Å². The van der Waals surface area contributed by atoms with Gasteiger partial charge in [0.05, 0.1) is 30.0 Å². The number of furan rings is 1. The first-order valence-electron chi connectivity index (χ1n) is 6.79. The summed E-state index contributed by atoms with van der Waals surface area (Å²) in [6.45, 7) is 2.63. The first-order chi connectivity index (χ1) is 9.72. The molecule has 6 nitrogen and oxygen atoms in total.